The van der Waals surface area contributed by atoms with Gasteiger partial charge in [0.05, 0.1) is 7.11 Å². The zero-order valence-corrected chi connectivity index (χ0v) is 14.8. The summed E-state index contributed by atoms with van der Waals surface area (Å²) < 4.78 is 4.72. The Balaban J connectivity index is 2.48. The molecule has 3 heteroatoms. The Morgan fingerprint density at radius 1 is 1.22 bits per heavy atom. The molecule has 0 atom stereocenters. The van der Waals surface area contributed by atoms with Crippen molar-refractivity contribution < 1.29 is 14.3 Å². The van der Waals surface area contributed by atoms with Gasteiger partial charge in [-0.05, 0) is 59.3 Å². The van der Waals surface area contributed by atoms with Crippen molar-refractivity contribution in [2.24, 2.45) is 0 Å². The maximum atomic E-state index is 11.6. The molecule has 0 amide bonds. The summed E-state index contributed by atoms with van der Waals surface area (Å²) in [6.07, 6.45) is 12.6. The summed E-state index contributed by atoms with van der Waals surface area (Å²) in [7, 11) is 1.35. The monoisotopic (exact) mass is 316 g/mol. The first-order valence-electron chi connectivity index (χ1n) is 8.20. The lowest BCUT2D eigenvalue weighted by atomic mass is 9.90. The highest BCUT2D eigenvalue weighted by molar-refractivity contribution is 5.96. The van der Waals surface area contributed by atoms with Crippen LogP contribution >= 0.6 is 0 Å². The van der Waals surface area contributed by atoms with Crippen LogP contribution in [0.15, 0.2) is 46.1 Å². The highest BCUT2D eigenvalue weighted by Gasteiger charge is 2.19. The maximum absolute atomic E-state index is 11.6. The van der Waals surface area contributed by atoms with Gasteiger partial charge >= 0.3 is 5.97 Å². The second-order valence-electron chi connectivity index (χ2n) is 6.27. The molecule has 0 aromatic carbocycles. The van der Waals surface area contributed by atoms with E-state index in [4.69, 9.17) is 4.74 Å². The maximum Gasteiger partial charge on any atom is 0.334 e. The van der Waals surface area contributed by atoms with Gasteiger partial charge in [-0.1, -0.05) is 34.9 Å². The van der Waals surface area contributed by atoms with Crippen LogP contribution in [-0.4, -0.2) is 19.4 Å². The van der Waals surface area contributed by atoms with E-state index in [1.54, 1.807) is 0 Å². The van der Waals surface area contributed by atoms with Crippen LogP contribution in [0.25, 0.3) is 0 Å². The molecular formula is C20H28O3. The third-order valence-corrected chi connectivity index (χ3v) is 4.02. The third kappa shape index (κ3) is 6.81. The van der Waals surface area contributed by atoms with Gasteiger partial charge in [0.15, 0.2) is 0 Å². The second kappa shape index (κ2) is 9.98. The normalized spacial score (nSPS) is 15.1. The summed E-state index contributed by atoms with van der Waals surface area (Å²) in [4.78, 5) is 22.8. The molecule has 0 unspecified atom stereocenters. The Bertz CT molecular complexity index is 555. The molecule has 0 saturated heterocycles. The van der Waals surface area contributed by atoms with E-state index in [0.29, 0.717) is 24.0 Å². The first-order valence-corrected chi connectivity index (χ1v) is 8.20. The summed E-state index contributed by atoms with van der Waals surface area (Å²) in [6, 6.07) is 0. The fourth-order valence-electron chi connectivity index (χ4n) is 2.64. The van der Waals surface area contributed by atoms with Crippen LogP contribution in [0, 0.1) is 0 Å². The highest BCUT2D eigenvalue weighted by Crippen LogP contribution is 2.27. The number of carbonyl (C=O) groups is 2. The van der Waals surface area contributed by atoms with Gasteiger partial charge in [-0.15, -0.1) is 0 Å². The molecule has 0 spiro atoms. The minimum absolute atomic E-state index is 0.391. The molecule has 0 heterocycles. The molecule has 0 radical (unpaired) electrons. The number of rotatable bonds is 8. The number of hydrogen-bond acceptors (Lipinski definition) is 3. The minimum atomic E-state index is -0.391. The quantitative estimate of drug-likeness (QED) is 0.365. The van der Waals surface area contributed by atoms with Crippen LogP contribution in [0.2, 0.25) is 0 Å². The lowest BCUT2D eigenvalue weighted by Gasteiger charge is -2.16. The largest absolute Gasteiger partial charge is 0.466 e. The molecule has 0 bridgehead atoms. The summed E-state index contributed by atoms with van der Waals surface area (Å²) in [6.45, 7) is 6.41. The van der Waals surface area contributed by atoms with E-state index >= 15 is 0 Å². The van der Waals surface area contributed by atoms with Gasteiger partial charge in [0, 0.05) is 11.1 Å². The minimum Gasteiger partial charge on any atom is -0.466 e. The smallest absolute Gasteiger partial charge is 0.334 e. The SMILES string of the molecule is COC(=O)C1=C(C=O)CC(CC/C=C(\C)CCC=C(C)C)=CC1. The van der Waals surface area contributed by atoms with Crippen LogP contribution in [0.3, 0.4) is 0 Å². The van der Waals surface area contributed by atoms with Crippen molar-refractivity contribution in [3.63, 3.8) is 0 Å². The highest BCUT2D eigenvalue weighted by atomic mass is 16.5. The number of ether oxygens (including phenoxy) is 1. The van der Waals surface area contributed by atoms with E-state index in [9.17, 15) is 9.59 Å². The Morgan fingerprint density at radius 3 is 2.57 bits per heavy atom. The Kier molecular flexibility index (Phi) is 8.31. The van der Waals surface area contributed by atoms with Gasteiger partial charge in [-0.2, -0.15) is 0 Å². The van der Waals surface area contributed by atoms with Crippen molar-refractivity contribution in [2.75, 3.05) is 7.11 Å². The second-order valence-corrected chi connectivity index (χ2v) is 6.27. The molecule has 126 valence electrons. The van der Waals surface area contributed by atoms with Crippen LogP contribution in [-0.2, 0) is 14.3 Å². The van der Waals surface area contributed by atoms with Gasteiger partial charge in [-0.3, -0.25) is 4.79 Å². The van der Waals surface area contributed by atoms with Gasteiger partial charge in [0.1, 0.15) is 6.29 Å². The van der Waals surface area contributed by atoms with Gasteiger partial charge < -0.3 is 4.74 Å². The molecule has 0 aliphatic heterocycles. The van der Waals surface area contributed by atoms with E-state index in [1.807, 2.05) is 0 Å². The average Bonchev–Trinajstić information content (AvgIpc) is 2.53. The van der Waals surface area contributed by atoms with Crippen molar-refractivity contribution in [1.29, 1.82) is 0 Å². The Morgan fingerprint density at radius 2 is 1.96 bits per heavy atom. The molecule has 23 heavy (non-hydrogen) atoms. The summed E-state index contributed by atoms with van der Waals surface area (Å²) in [5, 5.41) is 0. The molecule has 0 N–H and O–H groups in total. The standard InChI is InChI=1S/C20H28O3/c1-15(2)7-5-8-16(3)9-6-10-17-11-12-19(20(22)23-4)18(13-17)14-21/h7,9,11,14H,5-6,8,10,12-13H2,1-4H3/b16-9+. The molecule has 1 aliphatic rings. The molecule has 0 fully saturated rings. The number of allylic oxidation sites excluding steroid dienone is 7. The summed E-state index contributed by atoms with van der Waals surface area (Å²) in [5.74, 6) is -0.391. The topological polar surface area (TPSA) is 43.4 Å². The van der Waals surface area contributed by atoms with Crippen molar-refractivity contribution in [3.8, 4) is 0 Å². The molecular weight excluding hydrogens is 288 g/mol. The average molecular weight is 316 g/mol. The number of esters is 1. The molecule has 0 aromatic heterocycles. The summed E-state index contributed by atoms with van der Waals surface area (Å²) in [5.41, 5.74) is 5.06. The third-order valence-electron chi connectivity index (χ3n) is 4.02. The Hall–Kier alpha value is -1.90. The van der Waals surface area contributed by atoms with Crippen molar-refractivity contribution >= 4 is 12.3 Å². The number of carbonyl (C=O) groups excluding carboxylic acids is 2. The Labute approximate surface area is 139 Å². The van der Waals surface area contributed by atoms with Gasteiger partial charge in [0.2, 0.25) is 0 Å². The zero-order chi connectivity index (χ0) is 17.2. The first-order chi connectivity index (χ1) is 11.0. The van der Waals surface area contributed by atoms with Crippen molar-refractivity contribution in [3.05, 3.63) is 46.1 Å². The van der Waals surface area contributed by atoms with Crippen LogP contribution < -0.4 is 0 Å². The van der Waals surface area contributed by atoms with Crippen molar-refractivity contribution in [2.45, 2.75) is 59.3 Å². The lowest BCUT2D eigenvalue weighted by Crippen LogP contribution is -2.12. The number of aldehydes is 1. The van der Waals surface area contributed by atoms with E-state index in [0.717, 1.165) is 32.0 Å². The number of hydrogen-bond donors (Lipinski definition) is 0. The molecule has 0 aromatic rings. The predicted octanol–water partition coefficient (Wildman–Crippen LogP) is 4.85. The van der Waals surface area contributed by atoms with E-state index < -0.39 is 5.97 Å². The van der Waals surface area contributed by atoms with Crippen molar-refractivity contribution in [1.82, 2.24) is 0 Å². The predicted molar refractivity (Wildman–Crippen MR) is 94.1 cm³/mol. The molecule has 1 rings (SSSR count). The molecule has 3 nitrogen and oxygen atoms in total. The summed E-state index contributed by atoms with van der Waals surface area (Å²) >= 11 is 0. The molecule has 1 aliphatic carbocycles. The van der Waals surface area contributed by atoms with Crippen LogP contribution in [0.1, 0.15) is 59.3 Å². The van der Waals surface area contributed by atoms with Crippen LogP contribution in [0.4, 0.5) is 0 Å². The molecule has 0 saturated carbocycles. The zero-order valence-electron chi connectivity index (χ0n) is 14.8. The fourth-order valence-corrected chi connectivity index (χ4v) is 2.64. The van der Waals surface area contributed by atoms with E-state index in [-0.39, 0.29) is 0 Å². The van der Waals surface area contributed by atoms with E-state index in [2.05, 4.69) is 39.0 Å². The van der Waals surface area contributed by atoms with Gasteiger partial charge in [-0.25, -0.2) is 4.79 Å². The number of methoxy groups -OCH3 is 1. The first kappa shape index (κ1) is 19.1. The van der Waals surface area contributed by atoms with Crippen LogP contribution in [0.5, 0.6) is 0 Å². The lowest BCUT2D eigenvalue weighted by molar-refractivity contribution is -0.136. The van der Waals surface area contributed by atoms with E-state index in [1.165, 1.54) is 23.8 Å². The fraction of sp³-hybridized carbons (Fsp3) is 0.500. The van der Waals surface area contributed by atoms with Gasteiger partial charge in [0.25, 0.3) is 0 Å².